The number of benzene rings is 3. The molecule has 0 saturated carbocycles. The van der Waals surface area contributed by atoms with Crippen LogP contribution in [0.2, 0.25) is 0 Å². The molecule has 1 aliphatic heterocycles. The minimum atomic E-state index is -0.320. The predicted molar refractivity (Wildman–Crippen MR) is 126 cm³/mol. The van der Waals surface area contributed by atoms with E-state index in [0.717, 1.165) is 22.0 Å². The van der Waals surface area contributed by atoms with Crippen LogP contribution in [0.15, 0.2) is 72.8 Å². The number of rotatable bonds is 3. The highest BCUT2D eigenvalue weighted by Gasteiger charge is 2.25. The second kappa shape index (κ2) is 8.62. The number of aromatic nitrogens is 1. The van der Waals surface area contributed by atoms with E-state index in [4.69, 9.17) is 4.98 Å². The number of carbonyl (C=O) groups is 1. The third-order valence-electron chi connectivity index (χ3n) is 6.09. The van der Waals surface area contributed by atoms with Gasteiger partial charge < -0.3 is 9.80 Å². The second-order valence-electron chi connectivity index (χ2n) is 8.31. The van der Waals surface area contributed by atoms with Crippen molar-refractivity contribution in [3.8, 4) is 11.3 Å². The number of amides is 1. The lowest BCUT2D eigenvalue weighted by Crippen LogP contribution is -2.49. The van der Waals surface area contributed by atoms with E-state index in [2.05, 4.69) is 0 Å². The third-order valence-corrected chi connectivity index (χ3v) is 6.09. The van der Waals surface area contributed by atoms with Crippen LogP contribution in [0.1, 0.15) is 15.9 Å². The van der Waals surface area contributed by atoms with E-state index in [9.17, 15) is 13.6 Å². The molecule has 33 heavy (non-hydrogen) atoms. The van der Waals surface area contributed by atoms with E-state index >= 15 is 0 Å². The molecule has 1 saturated heterocycles. The van der Waals surface area contributed by atoms with Crippen molar-refractivity contribution in [3.05, 3.63) is 95.6 Å². The van der Waals surface area contributed by atoms with Gasteiger partial charge in [0.15, 0.2) is 0 Å². The van der Waals surface area contributed by atoms with Crippen molar-refractivity contribution in [3.63, 3.8) is 0 Å². The molecule has 4 aromatic rings. The van der Waals surface area contributed by atoms with Gasteiger partial charge in [0.2, 0.25) is 0 Å². The second-order valence-corrected chi connectivity index (χ2v) is 8.31. The zero-order valence-corrected chi connectivity index (χ0v) is 18.3. The van der Waals surface area contributed by atoms with Crippen molar-refractivity contribution >= 4 is 22.5 Å². The molecule has 1 amide bonds. The number of anilines is 1. The average Bonchev–Trinajstić information content (AvgIpc) is 2.84. The van der Waals surface area contributed by atoms with Crippen LogP contribution >= 0.6 is 0 Å². The van der Waals surface area contributed by atoms with Crippen LogP contribution in [-0.4, -0.2) is 42.0 Å². The first-order valence-corrected chi connectivity index (χ1v) is 11.0. The molecule has 4 nitrogen and oxygen atoms in total. The van der Waals surface area contributed by atoms with Crippen LogP contribution in [0.5, 0.6) is 0 Å². The first-order chi connectivity index (χ1) is 16.0. The molecular formula is C27H23F2N3O. The molecule has 3 aromatic carbocycles. The molecule has 5 rings (SSSR count). The van der Waals surface area contributed by atoms with Crippen LogP contribution < -0.4 is 4.90 Å². The minimum Gasteiger partial charge on any atom is -0.366 e. The Bertz CT molecular complexity index is 1330. The summed E-state index contributed by atoms with van der Waals surface area (Å²) < 4.78 is 27.6. The van der Waals surface area contributed by atoms with Gasteiger partial charge in [-0.15, -0.1) is 0 Å². The average molecular weight is 443 g/mol. The monoisotopic (exact) mass is 443 g/mol. The van der Waals surface area contributed by atoms with Gasteiger partial charge in [0, 0.05) is 37.1 Å². The Labute approximate surface area is 191 Å². The molecule has 0 atom stereocenters. The summed E-state index contributed by atoms with van der Waals surface area (Å²) >= 11 is 0. The Balaban J connectivity index is 1.47. The van der Waals surface area contributed by atoms with Crippen molar-refractivity contribution in [2.45, 2.75) is 6.92 Å². The van der Waals surface area contributed by atoms with Gasteiger partial charge in [0.1, 0.15) is 11.6 Å². The number of fused-ring (bicyclic) bond motifs is 1. The summed E-state index contributed by atoms with van der Waals surface area (Å²) in [7, 11) is 0. The highest BCUT2D eigenvalue weighted by atomic mass is 19.1. The topological polar surface area (TPSA) is 36.4 Å². The van der Waals surface area contributed by atoms with E-state index in [-0.39, 0.29) is 17.5 Å². The molecule has 166 valence electrons. The van der Waals surface area contributed by atoms with Crippen LogP contribution in [0.4, 0.5) is 14.5 Å². The maximum Gasteiger partial charge on any atom is 0.254 e. The predicted octanol–water partition coefficient (Wildman–Crippen LogP) is 5.45. The summed E-state index contributed by atoms with van der Waals surface area (Å²) in [5.74, 6) is -0.652. The molecule has 0 bridgehead atoms. The summed E-state index contributed by atoms with van der Waals surface area (Å²) in [6.45, 7) is 4.08. The van der Waals surface area contributed by atoms with Gasteiger partial charge in [-0.3, -0.25) is 4.79 Å². The van der Waals surface area contributed by atoms with Crippen molar-refractivity contribution in [2.75, 3.05) is 31.1 Å². The SMILES string of the molecule is Cc1ccc2nc(-c3ccc(F)cc3)cc(C(=O)N3CCN(c4ccccc4F)CC3)c2c1. The summed E-state index contributed by atoms with van der Waals surface area (Å²) in [6, 6.07) is 20.5. The number of aryl methyl sites for hydroxylation is 1. The van der Waals surface area contributed by atoms with E-state index in [1.54, 1.807) is 30.3 Å². The Morgan fingerprint density at radius 2 is 1.61 bits per heavy atom. The van der Waals surface area contributed by atoms with E-state index in [0.29, 0.717) is 43.1 Å². The lowest BCUT2D eigenvalue weighted by atomic mass is 10.0. The Morgan fingerprint density at radius 1 is 0.879 bits per heavy atom. The van der Waals surface area contributed by atoms with Crippen LogP contribution in [-0.2, 0) is 0 Å². The molecule has 1 aromatic heterocycles. The quantitative estimate of drug-likeness (QED) is 0.422. The smallest absolute Gasteiger partial charge is 0.254 e. The molecular weight excluding hydrogens is 420 g/mol. The first kappa shape index (κ1) is 21.1. The van der Waals surface area contributed by atoms with Crippen molar-refractivity contribution in [1.82, 2.24) is 9.88 Å². The number of para-hydroxylation sites is 1. The lowest BCUT2D eigenvalue weighted by molar-refractivity contribution is 0.0748. The number of pyridine rings is 1. The number of halogens is 2. The molecule has 0 aliphatic carbocycles. The summed E-state index contributed by atoms with van der Waals surface area (Å²) in [4.78, 5) is 22.1. The summed E-state index contributed by atoms with van der Waals surface area (Å²) in [5.41, 5.74) is 4.26. The molecule has 1 fully saturated rings. The minimum absolute atomic E-state index is 0.0791. The number of nitrogens with zero attached hydrogens (tertiary/aromatic N) is 3. The fourth-order valence-corrected chi connectivity index (χ4v) is 4.31. The van der Waals surface area contributed by atoms with Gasteiger partial charge in [0.25, 0.3) is 5.91 Å². The molecule has 0 radical (unpaired) electrons. The molecule has 2 heterocycles. The molecule has 0 unspecified atom stereocenters. The fourth-order valence-electron chi connectivity index (χ4n) is 4.31. The van der Waals surface area contributed by atoms with E-state index in [1.165, 1.54) is 18.2 Å². The van der Waals surface area contributed by atoms with Gasteiger partial charge in [-0.1, -0.05) is 23.8 Å². The maximum absolute atomic E-state index is 14.2. The zero-order valence-electron chi connectivity index (χ0n) is 18.3. The van der Waals surface area contributed by atoms with Gasteiger partial charge >= 0.3 is 0 Å². The molecule has 6 heteroatoms. The lowest BCUT2D eigenvalue weighted by Gasteiger charge is -2.36. The Kier molecular flexibility index (Phi) is 5.50. The molecule has 0 N–H and O–H groups in total. The number of carbonyl (C=O) groups excluding carboxylic acids is 1. The number of piperazine rings is 1. The van der Waals surface area contributed by atoms with E-state index < -0.39 is 0 Å². The largest absolute Gasteiger partial charge is 0.366 e. The Hall–Kier alpha value is -3.80. The summed E-state index contributed by atoms with van der Waals surface area (Å²) in [5, 5.41) is 0.794. The maximum atomic E-state index is 14.2. The highest BCUT2D eigenvalue weighted by Crippen LogP contribution is 2.28. The number of hydrogen-bond donors (Lipinski definition) is 0. The zero-order chi connectivity index (χ0) is 22.9. The van der Waals surface area contributed by atoms with Gasteiger partial charge in [-0.05, 0) is 61.5 Å². The normalized spacial score (nSPS) is 14.0. The Morgan fingerprint density at radius 3 is 2.33 bits per heavy atom. The fraction of sp³-hybridized carbons (Fsp3) is 0.185. The molecule has 0 spiro atoms. The van der Waals surface area contributed by atoms with Crippen molar-refractivity contribution in [2.24, 2.45) is 0 Å². The summed E-state index contributed by atoms with van der Waals surface area (Å²) in [6.07, 6.45) is 0. The first-order valence-electron chi connectivity index (χ1n) is 11.0. The van der Waals surface area contributed by atoms with Gasteiger partial charge in [-0.25, -0.2) is 13.8 Å². The van der Waals surface area contributed by atoms with Gasteiger partial charge in [-0.2, -0.15) is 0 Å². The van der Waals surface area contributed by atoms with E-state index in [1.807, 2.05) is 41.0 Å². The third kappa shape index (κ3) is 4.16. The number of hydrogen-bond acceptors (Lipinski definition) is 3. The van der Waals surface area contributed by atoms with Gasteiger partial charge in [0.05, 0.1) is 22.5 Å². The van der Waals surface area contributed by atoms with Crippen molar-refractivity contribution in [1.29, 1.82) is 0 Å². The standard InChI is InChI=1S/C27H23F2N3O/c1-18-6-11-24-21(16-18)22(17-25(30-24)19-7-9-20(28)10-8-19)27(33)32-14-12-31(13-15-32)26-5-3-2-4-23(26)29/h2-11,16-17H,12-15H2,1H3. The van der Waals surface area contributed by atoms with Crippen LogP contribution in [0.25, 0.3) is 22.2 Å². The highest BCUT2D eigenvalue weighted by molar-refractivity contribution is 6.07. The molecule has 1 aliphatic rings. The van der Waals surface area contributed by atoms with Crippen molar-refractivity contribution < 1.29 is 13.6 Å². The van der Waals surface area contributed by atoms with Crippen LogP contribution in [0, 0.1) is 18.6 Å². The van der Waals surface area contributed by atoms with Crippen LogP contribution in [0.3, 0.4) is 0 Å².